The first-order chi connectivity index (χ1) is 9.08. The predicted octanol–water partition coefficient (Wildman–Crippen LogP) is -0.173. The number of nitrogens with two attached hydrogens (primary N) is 1. The van der Waals surface area contributed by atoms with Gasteiger partial charge >= 0.3 is 0 Å². The van der Waals surface area contributed by atoms with E-state index in [0.29, 0.717) is 5.56 Å². The number of hydrazone groups is 1. The number of nitrogens with one attached hydrogen (secondary N) is 1. The second kappa shape index (κ2) is 5.04. The number of aromatic nitrogens is 2. The number of carbonyl (C=O) groups excluding carboxylic acids is 1. The molecule has 2 aromatic rings. The molecule has 1 aromatic heterocycles. The van der Waals surface area contributed by atoms with Crippen molar-refractivity contribution in [2.45, 2.75) is 0 Å². The molecule has 5 N–H and O–H groups in total. The molecular formula is C10H9N5O4. The fraction of sp³-hybridized carbons (Fsp3) is 0. The number of benzene rings is 1. The molecule has 98 valence electrons. The van der Waals surface area contributed by atoms with Gasteiger partial charge in [0.1, 0.15) is 11.5 Å². The summed E-state index contributed by atoms with van der Waals surface area (Å²) in [6, 6.07) is 3.93. The molecule has 0 bridgehead atoms. The van der Waals surface area contributed by atoms with Gasteiger partial charge in [-0.2, -0.15) is 5.10 Å². The molecule has 19 heavy (non-hydrogen) atoms. The fourth-order valence-corrected chi connectivity index (χ4v) is 1.21. The lowest BCUT2D eigenvalue weighted by atomic mass is 10.2. The van der Waals surface area contributed by atoms with Crippen LogP contribution in [0, 0.1) is 0 Å². The van der Waals surface area contributed by atoms with Crippen LogP contribution in [0.1, 0.15) is 16.1 Å². The molecular weight excluding hydrogens is 254 g/mol. The lowest BCUT2D eigenvalue weighted by Gasteiger charge is -1.99. The number of carbonyl (C=O) groups is 1. The first kappa shape index (κ1) is 12.4. The molecule has 9 heteroatoms. The van der Waals surface area contributed by atoms with Crippen LogP contribution in [0.25, 0.3) is 0 Å². The number of phenols is 2. The Morgan fingerprint density at radius 2 is 2.21 bits per heavy atom. The average molecular weight is 263 g/mol. The van der Waals surface area contributed by atoms with Gasteiger partial charge in [0, 0.05) is 11.6 Å². The third-order valence-electron chi connectivity index (χ3n) is 2.11. The zero-order valence-corrected chi connectivity index (χ0v) is 9.44. The Labute approximate surface area is 106 Å². The van der Waals surface area contributed by atoms with Crippen LogP contribution in [0.4, 0.5) is 5.82 Å². The summed E-state index contributed by atoms with van der Waals surface area (Å²) >= 11 is 0. The van der Waals surface area contributed by atoms with Crippen molar-refractivity contribution >= 4 is 17.9 Å². The molecule has 9 nitrogen and oxygen atoms in total. The molecule has 0 atom stereocenters. The molecule has 0 aliphatic carbocycles. The smallest absolute Gasteiger partial charge is 0.297 e. The van der Waals surface area contributed by atoms with Crippen molar-refractivity contribution in [2.24, 2.45) is 5.10 Å². The van der Waals surface area contributed by atoms with Crippen LogP contribution in [0.15, 0.2) is 27.9 Å². The molecule has 0 aliphatic heterocycles. The van der Waals surface area contributed by atoms with Crippen LogP contribution >= 0.6 is 0 Å². The van der Waals surface area contributed by atoms with Gasteiger partial charge in [-0.05, 0) is 22.4 Å². The molecule has 1 aromatic carbocycles. The summed E-state index contributed by atoms with van der Waals surface area (Å²) in [5, 5.41) is 28.7. The van der Waals surface area contributed by atoms with Crippen LogP contribution in [0.5, 0.6) is 11.5 Å². The molecule has 0 spiro atoms. The minimum Gasteiger partial charge on any atom is -0.508 e. The highest BCUT2D eigenvalue weighted by atomic mass is 16.6. The number of amides is 1. The summed E-state index contributed by atoms with van der Waals surface area (Å²) in [4.78, 5) is 11.5. The van der Waals surface area contributed by atoms with Gasteiger partial charge in [0.25, 0.3) is 5.91 Å². The maximum Gasteiger partial charge on any atom is 0.297 e. The Bertz CT molecular complexity index is 637. The highest BCUT2D eigenvalue weighted by Gasteiger charge is 2.14. The molecule has 0 saturated carbocycles. The summed E-state index contributed by atoms with van der Waals surface area (Å²) < 4.78 is 4.26. The SMILES string of the molecule is Nc1nonc1C(=O)NN=Cc1ccc(O)cc1O. The summed E-state index contributed by atoms with van der Waals surface area (Å²) in [6.07, 6.45) is 1.19. The predicted molar refractivity (Wildman–Crippen MR) is 63.5 cm³/mol. The minimum atomic E-state index is -0.701. The first-order valence-electron chi connectivity index (χ1n) is 5.01. The molecule has 0 radical (unpaired) electrons. The molecule has 2 rings (SSSR count). The van der Waals surface area contributed by atoms with E-state index in [2.05, 4.69) is 25.5 Å². The minimum absolute atomic E-state index is 0.0832. The van der Waals surface area contributed by atoms with Crippen molar-refractivity contribution in [1.82, 2.24) is 15.7 Å². The normalized spacial score (nSPS) is 10.7. The first-order valence-corrected chi connectivity index (χ1v) is 5.01. The quantitative estimate of drug-likeness (QED) is 0.443. The fourth-order valence-electron chi connectivity index (χ4n) is 1.21. The Balaban J connectivity index is 2.04. The molecule has 0 fully saturated rings. The van der Waals surface area contributed by atoms with Gasteiger partial charge in [-0.25, -0.2) is 10.1 Å². The number of hydrogen-bond acceptors (Lipinski definition) is 8. The van der Waals surface area contributed by atoms with E-state index < -0.39 is 5.91 Å². The maximum absolute atomic E-state index is 11.5. The van der Waals surface area contributed by atoms with Gasteiger partial charge in [-0.1, -0.05) is 0 Å². The van der Waals surface area contributed by atoms with E-state index in [9.17, 15) is 9.90 Å². The van der Waals surface area contributed by atoms with Crippen LogP contribution < -0.4 is 11.2 Å². The Hall–Kier alpha value is -3.10. The standard InChI is InChI=1S/C10H9N5O4/c11-9-8(14-19-15-9)10(18)13-12-4-5-1-2-6(16)3-7(5)17/h1-4,16-17H,(H2,11,15)(H,13,18). The third-order valence-corrected chi connectivity index (χ3v) is 2.11. The van der Waals surface area contributed by atoms with Gasteiger partial charge in [0.05, 0.1) is 6.21 Å². The van der Waals surface area contributed by atoms with Crippen LogP contribution in [0.3, 0.4) is 0 Å². The van der Waals surface area contributed by atoms with Gasteiger partial charge in [-0.15, -0.1) is 0 Å². The van der Waals surface area contributed by atoms with Crippen molar-refractivity contribution in [3.63, 3.8) is 0 Å². The Morgan fingerprint density at radius 3 is 2.84 bits per heavy atom. The van der Waals surface area contributed by atoms with E-state index in [1.54, 1.807) is 0 Å². The second-order valence-electron chi connectivity index (χ2n) is 3.44. The number of nitrogens with zero attached hydrogens (tertiary/aromatic N) is 3. The largest absolute Gasteiger partial charge is 0.508 e. The second-order valence-corrected chi connectivity index (χ2v) is 3.44. The van der Waals surface area contributed by atoms with Crippen molar-refractivity contribution in [1.29, 1.82) is 0 Å². The van der Waals surface area contributed by atoms with Crippen molar-refractivity contribution in [2.75, 3.05) is 5.73 Å². The number of hydrogen-bond donors (Lipinski definition) is 4. The van der Waals surface area contributed by atoms with E-state index in [0.717, 1.165) is 6.07 Å². The van der Waals surface area contributed by atoms with E-state index in [1.807, 2.05) is 0 Å². The van der Waals surface area contributed by atoms with Crippen molar-refractivity contribution in [3.8, 4) is 11.5 Å². The summed E-state index contributed by atoms with van der Waals surface area (Å²) in [5.74, 6) is -1.12. The van der Waals surface area contributed by atoms with E-state index in [-0.39, 0.29) is 23.0 Å². The van der Waals surface area contributed by atoms with Gasteiger partial charge < -0.3 is 15.9 Å². The molecule has 0 unspecified atom stereocenters. The van der Waals surface area contributed by atoms with Crippen LogP contribution in [-0.4, -0.2) is 32.6 Å². The van der Waals surface area contributed by atoms with Crippen molar-refractivity contribution in [3.05, 3.63) is 29.5 Å². The topological polar surface area (TPSA) is 147 Å². The molecule has 1 amide bonds. The zero-order valence-electron chi connectivity index (χ0n) is 9.44. The van der Waals surface area contributed by atoms with E-state index in [4.69, 9.17) is 10.8 Å². The van der Waals surface area contributed by atoms with Gasteiger partial charge in [0.15, 0.2) is 0 Å². The number of aromatic hydroxyl groups is 2. The molecule has 1 heterocycles. The monoisotopic (exact) mass is 263 g/mol. The summed E-state index contributed by atoms with van der Waals surface area (Å²) in [5.41, 5.74) is 7.57. The van der Waals surface area contributed by atoms with Crippen LogP contribution in [-0.2, 0) is 0 Å². The van der Waals surface area contributed by atoms with Gasteiger partial charge in [-0.3, -0.25) is 4.79 Å². The van der Waals surface area contributed by atoms with Crippen LogP contribution in [0.2, 0.25) is 0 Å². The lowest BCUT2D eigenvalue weighted by Crippen LogP contribution is -2.19. The number of phenolic OH excluding ortho intramolecular Hbond substituents is 2. The van der Waals surface area contributed by atoms with E-state index in [1.165, 1.54) is 18.3 Å². The highest BCUT2D eigenvalue weighted by molar-refractivity contribution is 5.96. The maximum atomic E-state index is 11.5. The third kappa shape index (κ3) is 2.77. The Kier molecular flexibility index (Phi) is 3.28. The number of nitrogen functional groups attached to an aromatic ring is 1. The Morgan fingerprint density at radius 1 is 1.42 bits per heavy atom. The molecule has 0 saturated heterocycles. The average Bonchev–Trinajstić information content (AvgIpc) is 2.78. The van der Waals surface area contributed by atoms with Crippen molar-refractivity contribution < 1.29 is 19.6 Å². The number of anilines is 1. The number of rotatable bonds is 3. The highest BCUT2D eigenvalue weighted by Crippen LogP contribution is 2.20. The summed E-state index contributed by atoms with van der Waals surface area (Å²) in [7, 11) is 0. The van der Waals surface area contributed by atoms with Gasteiger partial charge in [0.2, 0.25) is 11.5 Å². The summed E-state index contributed by atoms with van der Waals surface area (Å²) in [6.45, 7) is 0. The van der Waals surface area contributed by atoms with E-state index >= 15 is 0 Å². The zero-order chi connectivity index (χ0) is 13.8. The molecule has 0 aliphatic rings. The lowest BCUT2D eigenvalue weighted by molar-refractivity contribution is 0.0946.